The summed E-state index contributed by atoms with van der Waals surface area (Å²) >= 11 is 0. The Hall–Kier alpha value is -0.0800. The van der Waals surface area contributed by atoms with Crippen molar-refractivity contribution in [2.75, 3.05) is 59.9 Å². The van der Waals surface area contributed by atoms with Crippen molar-refractivity contribution in [3.8, 4) is 0 Å². The number of halogens is 1. The van der Waals surface area contributed by atoms with Gasteiger partial charge >= 0.3 is 0 Å². The molecule has 1 rings (SSSR count). The van der Waals surface area contributed by atoms with E-state index in [-0.39, 0.29) is 24.0 Å². The van der Waals surface area contributed by atoms with Crippen LogP contribution in [0.25, 0.3) is 0 Å². The molecule has 0 radical (unpaired) electrons. The molecule has 1 heterocycles. The highest BCUT2D eigenvalue weighted by Gasteiger charge is 2.17. The Labute approximate surface area is 179 Å². The molecule has 0 aromatic rings. The van der Waals surface area contributed by atoms with Crippen LogP contribution >= 0.6 is 24.0 Å². The molecule has 0 aromatic carbocycles. The predicted octanol–water partition coefficient (Wildman–Crippen LogP) is 3.40. The lowest BCUT2D eigenvalue weighted by Crippen LogP contribution is -2.45. The molecule has 26 heavy (non-hydrogen) atoms. The van der Waals surface area contributed by atoms with Gasteiger partial charge in [0, 0.05) is 46.3 Å². The topological polar surface area (TPSA) is 42.9 Å². The van der Waals surface area contributed by atoms with Gasteiger partial charge in [-0.3, -0.25) is 4.99 Å². The normalized spacial score (nSPS) is 17.0. The highest BCUT2D eigenvalue weighted by molar-refractivity contribution is 14.0. The van der Waals surface area contributed by atoms with Crippen molar-refractivity contribution < 1.29 is 0 Å². The van der Waals surface area contributed by atoms with E-state index in [4.69, 9.17) is 0 Å². The first-order valence-corrected chi connectivity index (χ1v) is 10.3. The van der Waals surface area contributed by atoms with E-state index in [1.807, 2.05) is 7.05 Å². The SMILES string of the molecule is CCCCCC(C)(C)CNC(=NC)NCCCCN1CCN(C)CC1.I. The van der Waals surface area contributed by atoms with E-state index in [0.717, 1.165) is 19.0 Å². The molecule has 6 heteroatoms. The van der Waals surface area contributed by atoms with Crippen LogP contribution in [0.5, 0.6) is 0 Å². The number of unbranched alkanes of at least 4 members (excludes halogenated alkanes) is 3. The van der Waals surface area contributed by atoms with Gasteiger partial charge in [-0.1, -0.05) is 40.0 Å². The van der Waals surface area contributed by atoms with Crippen LogP contribution in [0.15, 0.2) is 4.99 Å². The fourth-order valence-electron chi connectivity index (χ4n) is 3.22. The van der Waals surface area contributed by atoms with Gasteiger partial charge in [-0.2, -0.15) is 0 Å². The molecule has 0 atom stereocenters. The lowest BCUT2D eigenvalue weighted by atomic mass is 9.87. The summed E-state index contributed by atoms with van der Waals surface area (Å²) in [5, 5.41) is 6.97. The number of rotatable bonds is 11. The molecule has 5 nitrogen and oxygen atoms in total. The second kappa shape index (κ2) is 14.9. The first-order chi connectivity index (χ1) is 12.0. The van der Waals surface area contributed by atoms with E-state index < -0.39 is 0 Å². The third-order valence-electron chi connectivity index (χ3n) is 5.20. The Balaban J connectivity index is 0.00000625. The highest BCUT2D eigenvalue weighted by Crippen LogP contribution is 2.22. The number of nitrogens with zero attached hydrogens (tertiary/aromatic N) is 3. The fourth-order valence-corrected chi connectivity index (χ4v) is 3.22. The zero-order chi connectivity index (χ0) is 18.5. The zero-order valence-electron chi connectivity index (χ0n) is 17.9. The summed E-state index contributed by atoms with van der Waals surface area (Å²) in [5.41, 5.74) is 0.328. The van der Waals surface area contributed by atoms with Crippen molar-refractivity contribution >= 4 is 29.9 Å². The quantitative estimate of drug-likeness (QED) is 0.206. The molecule has 0 bridgehead atoms. The average Bonchev–Trinajstić information content (AvgIpc) is 2.59. The molecular weight excluding hydrogens is 437 g/mol. The zero-order valence-corrected chi connectivity index (χ0v) is 20.3. The monoisotopic (exact) mass is 481 g/mol. The smallest absolute Gasteiger partial charge is 0.190 e. The van der Waals surface area contributed by atoms with Crippen LogP contribution in [0.2, 0.25) is 0 Å². The Morgan fingerprint density at radius 2 is 1.69 bits per heavy atom. The summed E-state index contributed by atoms with van der Waals surface area (Å²) in [4.78, 5) is 9.37. The predicted molar refractivity (Wildman–Crippen MR) is 126 cm³/mol. The summed E-state index contributed by atoms with van der Waals surface area (Å²) in [6.45, 7) is 15.0. The van der Waals surface area contributed by atoms with E-state index in [0.29, 0.717) is 5.41 Å². The van der Waals surface area contributed by atoms with Gasteiger partial charge in [0.2, 0.25) is 0 Å². The molecular formula is C20H44IN5. The summed E-state index contributed by atoms with van der Waals surface area (Å²) in [6.07, 6.45) is 7.69. The molecule has 2 N–H and O–H groups in total. The molecule has 1 saturated heterocycles. The molecule has 1 fully saturated rings. The third kappa shape index (κ3) is 12.3. The number of likely N-dealkylation sites (N-methyl/N-ethyl adjacent to an activating group) is 1. The average molecular weight is 482 g/mol. The molecule has 0 amide bonds. The lowest BCUT2D eigenvalue weighted by Gasteiger charge is -2.32. The van der Waals surface area contributed by atoms with Crippen LogP contribution in [-0.2, 0) is 0 Å². The summed E-state index contributed by atoms with van der Waals surface area (Å²) < 4.78 is 0. The Bertz CT molecular complexity index is 365. The van der Waals surface area contributed by atoms with E-state index >= 15 is 0 Å². The fraction of sp³-hybridized carbons (Fsp3) is 0.950. The van der Waals surface area contributed by atoms with E-state index in [9.17, 15) is 0 Å². The van der Waals surface area contributed by atoms with Gasteiger partial charge in [0.1, 0.15) is 0 Å². The van der Waals surface area contributed by atoms with Crippen molar-refractivity contribution in [3.05, 3.63) is 0 Å². The van der Waals surface area contributed by atoms with Crippen molar-refractivity contribution in [2.24, 2.45) is 10.4 Å². The summed E-state index contributed by atoms with van der Waals surface area (Å²) in [6, 6.07) is 0. The lowest BCUT2D eigenvalue weighted by molar-refractivity contribution is 0.152. The van der Waals surface area contributed by atoms with E-state index in [1.165, 1.54) is 71.2 Å². The van der Waals surface area contributed by atoms with Crippen molar-refractivity contribution in [2.45, 2.75) is 59.3 Å². The summed E-state index contributed by atoms with van der Waals surface area (Å²) in [5.74, 6) is 0.947. The minimum atomic E-state index is 0. The largest absolute Gasteiger partial charge is 0.356 e. The first-order valence-electron chi connectivity index (χ1n) is 10.3. The standard InChI is InChI=1S/C20H43N5.HI/c1-6-7-8-11-20(2,3)18-23-19(21-4)22-12-9-10-13-25-16-14-24(5)15-17-25;/h6-18H2,1-5H3,(H2,21,22,23);1H. The number of nitrogens with one attached hydrogen (secondary N) is 2. The van der Waals surface area contributed by atoms with E-state index in [2.05, 4.69) is 53.2 Å². The maximum Gasteiger partial charge on any atom is 0.190 e. The van der Waals surface area contributed by atoms with Crippen molar-refractivity contribution in [3.63, 3.8) is 0 Å². The number of hydrogen-bond donors (Lipinski definition) is 2. The Morgan fingerprint density at radius 1 is 1.00 bits per heavy atom. The second-order valence-electron chi connectivity index (χ2n) is 8.33. The van der Waals surface area contributed by atoms with Gasteiger partial charge < -0.3 is 20.4 Å². The number of guanidine groups is 1. The highest BCUT2D eigenvalue weighted by atomic mass is 127. The molecule has 0 spiro atoms. The first kappa shape index (κ1) is 25.9. The van der Waals surface area contributed by atoms with Crippen LogP contribution in [0.3, 0.4) is 0 Å². The Kier molecular flexibility index (Phi) is 14.9. The van der Waals surface area contributed by atoms with Crippen LogP contribution < -0.4 is 10.6 Å². The van der Waals surface area contributed by atoms with Gasteiger partial charge in [0.15, 0.2) is 5.96 Å². The molecule has 1 aliphatic heterocycles. The molecule has 0 aliphatic carbocycles. The summed E-state index contributed by atoms with van der Waals surface area (Å²) in [7, 11) is 4.08. The van der Waals surface area contributed by atoms with Crippen LogP contribution in [0, 0.1) is 5.41 Å². The van der Waals surface area contributed by atoms with Crippen LogP contribution in [-0.4, -0.2) is 75.7 Å². The number of piperazine rings is 1. The molecule has 0 unspecified atom stereocenters. The molecule has 1 aliphatic rings. The van der Waals surface area contributed by atoms with Crippen LogP contribution in [0.1, 0.15) is 59.3 Å². The van der Waals surface area contributed by atoms with Crippen molar-refractivity contribution in [1.29, 1.82) is 0 Å². The molecule has 0 saturated carbocycles. The van der Waals surface area contributed by atoms with E-state index in [1.54, 1.807) is 0 Å². The third-order valence-corrected chi connectivity index (χ3v) is 5.20. The van der Waals surface area contributed by atoms with Gasteiger partial charge in [-0.05, 0) is 38.3 Å². The van der Waals surface area contributed by atoms with Gasteiger partial charge in [0.05, 0.1) is 0 Å². The minimum absolute atomic E-state index is 0. The van der Waals surface area contributed by atoms with Gasteiger partial charge in [-0.25, -0.2) is 0 Å². The van der Waals surface area contributed by atoms with Crippen LogP contribution in [0.4, 0.5) is 0 Å². The van der Waals surface area contributed by atoms with Gasteiger partial charge in [0.25, 0.3) is 0 Å². The minimum Gasteiger partial charge on any atom is -0.356 e. The number of hydrogen-bond acceptors (Lipinski definition) is 3. The number of aliphatic imine (C=N–C) groups is 1. The maximum absolute atomic E-state index is 4.36. The van der Waals surface area contributed by atoms with Gasteiger partial charge in [-0.15, -0.1) is 24.0 Å². The maximum atomic E-state index is 4.36. The molecule has 156 valence electrons. The second-order valence-corrected chi connectivity index (χ2v) is 8.33. The Morgan fingerprint density at radius 3 is 2.31 bits per heavy atom. The van der Waals surface area contributed by atoms with Crippen molar-refractivity contribution in [1.82, 2.24) is 20.4 Å². The molecule has 0 aromatic heterocycles.